The number of rotatable bonds is 7. The monoisotopic (exact) mass is 346 g/mol. The Morgan fingerprint density at radius 3 is 2.72 bits per heavy atom. The van der Waals surface area contributed by atoms with E-state index in [2.05, 4.69) is 10.5 Å². The van der Waals surface area contributed by atoms with Gasteiger partial charge < -0.3 is 14.7 Å². The Hall–Kier alpha value is -3.23. The molecule has 0 aliphatic heterocycles. The van der Waals surface area contributed by atoms with Crippen LogP contribution in [0.4, 0.5) is 11.5 Å². The number of nitro groups is 1. The fourth-order valence-corrected chi connectivity index (χ4v) is 2.24. The standard InChI is InChI=1S/C16H18N4O5/c1-3-7-19(10-15(21)17-14-8-11(2)25-18-14)16(22)12-5-4-6-13(9-12)20(23)24/h4-6,8-9H,3,7,10H2,1-2H3,(H,17,18,21). The van der Waals surface area contributed by atoms with E-state index in [0.717, 1.165) is 0 Å². The lowest BCUT2D eigenvalue weighted by atomic mass is 10.1. The summed E-state index contributed by atoms with van der Waals surface area (Å²) in [4.78, 5) is 36.3. The summed E-state index contributed by atoms with van der Waals surface area (Å²) in [7, 11) is 0. The summed E-state index contributed by atoms with van der Waals surface area (Å²) in [5.74, 6) is -0.0623. The molecule has 0 aliphatic rings. The van der Waals surface area contributed by atoms with Crippen molar-refractivity contribution in [3.05, 3.63) is 51.8 Å². The van der Waals surface area contributed by atoms with Crippen LogP contribution in [-0.4, -0.2) is 39.9 Å². The first-order valence-corrected chi connectivity index (χ1v) is 7.67. The third-order valence-corrected chi connectivity index (χ3v) is 3.31. The quantitative estimate of drug-likeness (QED) is 0.607. The molecule has 2 rings (SSSR count). The predicted molar refractivity (Wildman–Crippen MR) is 89.2 cm³/mol. The Morgan fingerprint density at radius 2 is 2.12 bits per heavy atom. The molecule has 1 aromatic carbocycles. The molecule has 0 atom stereocenters. The van der Waals surface area contributed by atoms with Gasteiger partial charge in [-0.05, 0) is 19.4 Å². The number of carbonyl (C=O) groups excluding carboxylic acids is 2. The fraction of sp³-hybridized carbons (Fsp3) is 0.312. The van der Waals surface area contributed by atoms with Crippen molar-refractivity contribution < 1.29 is 19.0 Å². The van der Waals surface area contributed by atoms with Crippen molar-refractivity contribution in [3.63, 3.8) is 0 Å². The molecule has 2 aromatic rings. The number of anilines is 1. The van der Waals surface area contributed by atoms with E-state index in [9.17, 15) is 19.7 Å². The van der Waals surface area contributed by atoms with Crippen LogP contribution in [0.15, 0.2) is 34.9 Å². The highest BCUT2D eigenvalue weighted by molar-refractivity contribution is 5.99. The van der Waals surface area contributed by atoms with Crippen LogP contribution in [0.25, 0.3) is 0 Å². The van der Waals surface area contributed by atoms with Crippen molar-refractivity contribution >= 4 is 23.3 Å². The molecule has 1 heterocycles. The van der Waals surface area contributed by atoms with E-state index in [1.54, 1.807) is 13.0 Å². The van der Waals surface area contributed by atoms with E-state index in [0.29, 0.717) is 18.7 Å². The van der Waals surface area contributed by atoms with Gasteiger partial charge in [-0.15, -0.1) is 0 Å². The molecule has 0 fully saturated rings. The molecular weight excluding hydrogens is 328 g/mol. The molecule has 0 bridgehead atoms. The summed E-state index contributed by atoms with van der Waals surface area (Å²) in [6, 6.07) is 6.99. The molecule has 0 radical (unpaired) electrons. The van der Waals surface area contributed by atoms with Crippen molar-refractivity contribution in [1.29, 1.82) is 0 Å². The average molecular weight is 346 g/mol. The Balaban J connectivity index is 2.10. The normalized spacial score (nSPS) is 10.3. The number of nitrogens with one attached hydrogen (secondary N) is 1. The van der Waals surface area contributed by atoms with Crippen LogP contribution in [0.2, 0.25) is 0 Å². The second kappa shape index (κ2) is 8.04. The first-order chi connectivity index (χ1) is 11.9. The molecule has 132 valence electrons. The number of hydrogen-bond donors (Lipinski definition) is 1. The van der Waals surface area contributed by atoms with Crippen LogP contribution in [0, 0.1) is 17.0 Å². The maximum Gasteiger partial charge on any atom is 0.270 e. The van der Waals surface area contributed by atoms with E-state index in [1.807, 2.05) is 6.92 Å². The Labute approximate surface area is 143 Å². The molecule has 9 nitrogen and oxygen atoms in total. The van der Waals surface area contributed by atoms with Crippen molar-refractivity contribution in [1.82, 2.24) is 10.1 Å². The van der Waals surface area contributed by atoms with Crippen LogP contribution in [0.5, 0.6) is 0 Å². The van der Waals surface area contributed by atoms with Gasteiger partial charge in [-0.25, -0.2) is 0 Å². The van der Waals surface area contributed by atoms with Gasteiger partial charge in [0, 0.05) is 30.3 Å². The maximum absolute atomic E-state index is 12.6. The van der Waals surface area contributed by atoms with Crippen LogP contribution in [-0.2, 0) is 4.79 Å². The smallest absolute Gasteiger partial charge is 0.270 e. The van der Waals surface area contributed by atoms with E-state index in [4.69, 9.17) is 4.52 Å². The van der Waals surface area contributed by atoms with Gasteiger partial charge in [-0.3, -0.25) is 19.7 Å². The number of aromatic nitrogens is 1. The van der Waals surface area contributed by atoms with Crippen molar-refractivity contribution in [2.75, 3.05) is 18.4 Å². The van der Waals surface area contributed by atoms with Gasteiger partial charge in [0.25, 0.3) is 11.6 Å². The summed E-state index contributed by atoms with van der Waals surface area (Å²) in [6.45, 7) is 3.71. The van der Waals surface area contributed by atoms with E-state index < -0.39 is 16.7 Å². The number of hydrogen-bond acceptors (Lipinski definition) is 6. The van der Waals surface area contributed by atoms with Gasteiger partial charge >= 0.3 is 0 Å². The van der Waals surface area contributed by atoms with Crippen LogP contribution < -0.4 is 5.32 Å². The number of nitro benzene ring substituents is 1. The zero-order valence-corrected chi connectivity index (χ0v) is 13.9. The second-order valence-corrected chi connectivity index (χ2v) is 5.41. The Bertz CT molecular complexity index is 786. The number of aryl methyl sites for hydroxylation is 1. The summed E-state index contributed by atoms with van der Waals surface area (Å²) < 4.78 is 4.86. The number of nitrogens with zero attached hydrogens (tertiary/aromatic N) is 3. The molecular formula is C16H18N4O5. The molecule has 2 amide bonds. The minimum absolute atomic E-state index is 0.160. The summed E-state index contributed by atoms with van der Waals surface area (Å²) in [5, 5.41) is 17.1. The fourth-order valence-electron chi connectivity index (χ4n) is 2.24. The molecule has 1 N–H and O–H groups in total. The Morgan fingerprint density at radius 1 is 1.36 bits per heavy atom. The molecule has 25 heavy (non-hydrogen) atoms. The van der Waals surface area contributed by atoms with Gasteiger partial charge in [0.05, 0.1) is 4.92 Å². The highest BCUT2D eigenvalue weighted by atomic mass is 16.6. The zero-order valence-electron chi connectivity index (χ0n) is 13.9. The van der Waals surface area contributed by atoms with Gasteiger partial charge in [0.1, 0.15) is 12.3 Å². The Kier molecular flexibility index (Phi) is 5.83. The maximum atomic E-state index is 12.6. The van der Waals surface area contributed by atoms with Crippen molar-refractivity contribution in [2.24, 2.45) is 0 Å². The zero-order chi connectivity index (χ0) is 18.4. The lowest BCUT2D eigenvalue weighted by Crippen LogP contribution is -2.38. The SMILES string of the molecule is CCCN(CC(=O)Nc1cc(C)on1)C(=O)c1cccc([N+](=O)[O-])c1. The van der Waals surface area contributed by atoms with Crippen LogP contribution in [0.3, 0.4) is 0 Å². The second-order valence-electron chi connectivity index (χ2n) is 5.41. The molecule has 0 saturated carbocycles. The topological polar surface area (TPSA) is 119 Å². The van der Waals surface area contributed by atoms with Gasteiger partial charge in [-0.2, -0.15) is 0 Å². The summed E-state index contributed by atoms with van der Waals surface area (Å²) in [5.41, 5.74) is -0.0162. The first-order valence-electron chi connectivity index (χ1n) is 7.67. The lowest BCUT2D eigenvalue weighted by Gasteiger charge is -2.21. The molecule has 0 aliphatic carbocycles. The average Bonchev–Trinajstić information content (AvgIpc) is 2.98. The lowest BCUT2D eigenvalue weighted by molar-refractivity contribution is -0.384. The largest absolute Gasteiger partial charge is 0.360 e. The van der Waals surface area contributed by atoms with Crippen LogP contribution in [0.1, 0.15) is 29.5 Å². The summed E-state index contributed by atoms with van der Waals surface area (Å²) >= 11 is 0. The van der Waals surface area contributed by atoms with E-state index in [1.165, 1.54) is 29.2 Å². The van der Waals surface area contributed by atoms with Gasteiger partial charge in [0.2, 0.25) is 5.91 Å². The predicted octanol–water partition coefficient (Wildman–Crippen LogP) is 2.38. The number of carbonyl (C=O) groups is 2. The molecule has 9 heteroatoms. The number of non-ortho nitro benzene ring substituents is 1. The molecule has 0 unspecified atom stereocenters. The molecule has 1 aromatic heterocycles. The number of amides is 2. The highest BCUT2D eigenvalue weighted by Gasteiger charge is 2.20. The third-order valence-electron chi connectivity index (χ3n) is 3.31. The van der Waals surface area contributed by atoms with E-state index in [-0.39, 0.29) is 23.6 Å². The number of benzene rings is 1. The van der Waals surface area contributed by atoms with Crippen molar-refractivity contribution in [3.8, 4) is 0 Å². The first kappa shape index (κ1) is 18.1. The molecule has 0 saturated heterocycles. The van der Waals surface area contributed by atoms with Crippen LogP contribution >= 0.6 is 0 Å². The van der Waals surface area contributed by atoms with Crippen molar-refractivity contribution in [2.45, 2.75) is 20.3 Å². The van der Waals surface area contributed by atoms with E-state index >= 15 is 0 Å². The van der Waals surface area contributed by atoms with Gasteiger partial charge in [0.15, 0.2) is 5.82 Å². The minimum atomic E-state index is -0.569. The molecule has 0 spiro atoms. The highest BCUT2D eigenvalue weighted by Crippen LogP contribution is 2.15. The third kappa shape index (κ3) is 4.87. The van der Waals surface area contributed by atoms with Gasteiger partial charge in [-0.1, -0.05) is 18.1 Å². The minimum Gasteiger partial charge on any atom is -0.360 e. The summed E-state index contributed by atoms with van der Waals surface area (Å²) in [6.07, 6.45) is 0.636.